The van der Waals surface area contributed by atoms with Crippen LogP contribution >= 0.6 is 0 Å². The monoisotopic (exact) mass is 823 g/mol. The summed E-state index contributed by atoms with van der Waals surface area (Å²) in [6.07, 6.45) is 8.30. The Hall–Kier alpha value is -2.58. The van der Waals surface area contributed by atoms with Gasteiger partial charge in [-0.25, -0.2) is 9.80 Å². The van der Waals surface area contributed by atoms with E-state index in [-0.39, 0.29) is 26.2 Å². The zero-order chi connectivity index (χ0) is 30.9. The third kappa shape index (κ3) is 15.6. The second-order valence-corrected chi connectivity index (χ2v) is 11.0. The average molecular weight is 824 g/mol. The van der Waals surface area contributed by atoms with Gasteiger partial charge in [0.05, 0.1) is 16.5 Å². The number of pyridine rings is 2. The van der Waals surface area contributed by atoms with Crippen LogP contribution in [0.4, 0.5) is 0 Å². The quantitative estimate of drug-likeness (QED) is 0.0863. The maximum atomic E-state index is 8.25. The normalized spacial score (nSPS) is 16.7. The van der Waals surface area contributed by atoms with E-state index in [0.29, 0.717) is 10.2 Å². The van der Waals surface area contributed by atoms with Gasteiger partial charge in [-0.1, -0.05) is 26.0 Å². The average Bonchev–Trinajstić information content (AvgIpc) is 3.00. The van der Waals surface area contributed by atoms with Crippen molar-refractivity contribution in [2.75, 3.05) is 26.2 Å². The first kappa shape index (κ1) is 38.4. The van der Waals surface area contributed by atoms with Crippen molar-refractivity contribution < 1.29 is 5.09 Å². The Balaban J connectivity index is 0.000000375. The molecule has 0 atom stereocenters. The Morgan fingerprint density at radius 1 is 0.791 bits per heavy atom. The molecule has 2 aromatic rings. The molecule has 2 aromatic heterocycles. The van der Waals surface area contributed by atoms with Crippen LogP contribution in [0.2, 0.25) is 0 Å². The minimum Gasteiger partial charge on any atom is -0.515 e. The number of likely N-dealkylation sites (tertiary alicyclic amines) is 2. The third-order valence-electron chi connectivity index (χ3n) is 6.78. The molecule has 0 aromatic carbocycles. The predicted octanol–water partition coefficient (Wildman–Crippen LogP) is 3.94. The molecule has 0 spiro atoms. The van der Waals surface area contributed by atoms with Crippen molar-refractivity contribution in [2.45, 2.75) is 53.4 Å². The maximum Gasteiger partial charge on any atom is 3.00 e. The van der Waals surface area contributed by atoms with Crippen LogP contribution in [-0.4, -0.2) is 98.9 Å². The minimum atomic E-state index is -1.75. The number of aromatic nitrogens is 2. The van der Waals surface area contributed by atoms with Gasteiger partial charge in [0.1, 0.15) is 0 Å². The number of hydrogen-bond acceptors (Lipinski definition) is 7. The molecule has 230 valence electrons. The first-order valence-electron chi connectivity index (χ1n) is 13.8. The predicted molar refractivity (Wildman–Crippen MR) is 183 cm³/mol. The van der Waals surface area contributed by atoms with E-state index in [0.717, 1.165) is 60.8 Å². The summed E-state index contributed by atoms with van der Waals surface area (Å²) < 4.78 is 0. The van der Waals surface area contributed by atoms with Gasteiger partial charge in [0.15, 0.2) is 34.7 Å². The maximum absolute atomic E-state index is 8.25. The third-order valence-corrected chi connectivity index (χ3v) is 7.53. The summed E-state index contributed by atoms with van der Waals surface area (Å²) in [5, 5.41) is 24.6. The van der Waals surface area contributed by atoms with Crippen LogP contribution < -0.4 is 0 Å². The molecule has 0 unspecified atom stereocenters. The Morgan fingerprint density at radius 2 is 1.12 bits per heavy atom. The van der Waals surface area contributed by atoms with E-state index in [4.69, 9.17) is 15.3 Å². The Kier molecular flexibility index (Phi) is 18.9. The molecule has 0 aliphatic carbocycles. The van der Waals surface area contributed by atoms with Gasteiger partial charge < -0.3 is 36.4 Å². The molecule has 4 rings (SSSR count). The van der Waals surface area contributed by atoms with Gasteiger partial charge in [0, 0.05) is 50.0 Å². The van der Waals surface area contributed by atoms with Crippen LogP contribution in [0.5, 0.6) is 0 Å². The second kappa shape index (κ2) is 21.2. The molecule has 43 heavy (non-hydrogen) atoms. The van der Waals surface area contributed by atoms with Crippen molar-refractivity contribution >= 4 is 72.3 Å². The van der Waals surface area contributed by atoms with Gasteiger partial charge >= 0.3 is 26.2 Å². The van der Waals surface area contributed by atoms with E-state index in [2.05, 4.69) is 79.1 Å². The molecular formula is C28H40BiN9O3S2+2. The number of nitrogens with zero attached hydrogens (tertiary/aromatic N) is 9. The van der Waals surface area contributed by atoms with Crippen LogP contribution in [0.1, 0.15) is 64.8 Å². The van der Waals surface area contributed by atoms with Crippen LogP contribution in [0, 0.1) is 27.2 Å². The van der Waals surface area contributed by atoms with Gasteiger partial charge in [-0.3, -0.25) is 9.97 Å². The van der Waals surface area contributed by atoms with Crippen LogP contribution in [0.15, 0.2) is 59.0 Å². The van der Waals surface area contributed by atoms with E-state index in [9.17, 15) is 0 Å². The molecule has 2 radical (unpaired) electrons. The molecule has 4 heterocycles. The van der Waals surface area contributed by atoms with Crippen molar-refractivity contribution in [3.8, 4) is 0 Å². The molecule has 15 heteroatoms. The van der Waals surface area contributed by atoms with E-state index >= 15 is 0 Å². The summed E-state index contributed by atoms with van der Waals surface area (Å²) in [7, 11) is 0. The van der Waals surface area contributed by atoms with Crippen LogP contribution in [-0.2, 0) is 24.4 Å². The van der Waals surface area contributed by atoms with E-state index in [1.54, 1.807) is 12.4 Å². The van der Waals surface area contributed by atoms with Crippen LogP contribution in [0.25, 0.3) is 10.9 Å². The van der Waals surface area contributed by atoms with E-state index < -0.39 is 5.09 Å². The molecule has 2 saturated heterocycles. The zero-order valence-electron chi connectivity index (χ0n) is 25.0. The van der Waals surface area contributed by atoms with Crippen molar-refractivity contribution in [1.29, 1.82) is 0 Å². The summed E-state index contributed by atoms with van der Waals surface area (Å²) in [5.41, 5.74) is 11.7. The van der Waals surface area contributed by atoms with E-state index in [1.165, 1.54) is 25.7 Å². The van der Waals surface area contributed by atoms with Gasteiger partial charge in [-0.2, -0.15) is 0 Å². The molecular weight excluding hydrogens is 783 g/mol. The SMILES string of the molecule is C/C(=N/[N-]C(=[SH+])N1CCC(C)CC1)c1ccccn1.C/C(=N\[N-]C(=[SH+])N1CCC(C)CC1)c1ccccn1.O=[N+]([O-])[O-].[Bi+3]. The first-order valence-corrected chi connectivity index (χ1v) is 14.7. The minimum absolute atomic E-state index is 0. The molecule has 0 saturated carbocycles. The topological polar surface area (TPSA) is 151 Å². The summed E-state index contributed by atoms with van der Waals surface area (Å²) in [5.74, 6) is 1.60. The number of hydrogen-bond donors (Lipinski definition) is 0. The zero-order valence-corrected chi connectivity index (χ0v) is 30.3. The van der Waals surface area contributed by atoms with Crippen molar-refractivity contribution in [2.24, 2.45) is 22.0 Å². The fourth-order valence-corrected chi connectivity index (χ4v) is 4.53. The number of piperidine rings is 2. The van der Waals surface area contributed by atoms with Gasteiger partial charge in [0.25, 0.3) is 0 Å². The standard InChI is InChI=1S/2C14H20N4S.Bi.NO3/c2*1-11-6-9-18(10-7-11)14(19)17-16-12(2)13-5-3-4-8-15-13;;2-1(3)4/h2*3-5,8,11H,6-7,9-10H2,1-2H3,(H,15,17,19);;/q;;+3;-1. The number of rotatable bonds is 4. The largest absolute Gasteiger partial charge is 3.00 e. The smallest absolute Gasteiger partial charge is 0.515 e. The van der Waals surface area contributed by atoms with E-state index in [1.807, 2.05) is 50.2 Å². The molecule has 2 aliphatic rings. The molecule has 0 N–H and O–H groups in total. The van der Waals surface area contributed by atoms with Gasteiger partial charge in [0.2, 0.25) is 0 Å². The summed E-state index contributed by atoms with van der Waals surface area (Å²) in [6, 6.07) is 11.5. The Labute approximate surface area is 283 Å². The molecule has 0 bridgehead atoms. The summed E-state index contributed by atoms with van der Waals surface area (Å²) >= 11 is 8.88. The molecule has 2 fully saturated rings. The first-order chi connectivity index (χ1) is 20.1. The van der Waals surface area contributed by atoms with Crippen molar-refractivity contribution in [3.63, 3.8) is 0 Å². The van der Waals surface area contributed by atoms with Gasteiger partial charge in [-0.05, 0) is 75.6 Å². The van der Waals surface area contributed by atoms with Gasteiger partial charge in [-0.15, -0.1) is 0 Å². The summed E-state index contributed by atoms with van der Waals surface area (Å²) in [6.45, 7) is 12.5. The second-order valence-electron chi connectivity index (χ2n) is 10.2. The van der Waals surface area contributed by atoms with Crippen molar-refractivity contribution in [1.82, 2.24) is 19.8 Å². The van der Waals surface area contributed by atoms with Crippen molar-refractivity contribution in [3.05, 3.63) is 86.4 Å². The summed E-state index contributed by atoms with van der Waals surface area (Å²) in [4.78, 5) is 21.1. The Bertz CT molecular complexity index is 1100. The molecule has 0 amide bonds. The Morgan fingerprint density at radius 3 is 1.40 bits per heavy atom. The molecule has 2 aliphatic heterocycles. The van der Waals surface area contributed by atoms with Crippen LogP contribution in [0.3, 0.4) is 0 Å². The fraction of sp³-hybridized carbons (Fsp3) is 0.500. The number of thiol groups is 2. The molecule has 12 nitrogen and oxygen atoms in total. The fourth-order valence-electron chi connectivity index (χ4n) is 4.04.